The van der Waals surface area contributed by atoms with Crippen molar-refractivity contribution in [2.75, 3.05) is 7.11 Å². The summed E-state index contributed by atoms with van der Waals surface area (Å²) in [4.78, 5) is 21.6. The molecule has 0 fully saturated rings. The number of carbonyl (C=O) groups is 2. The third-order valence-electron chi connectivity index (χ3n) is 2.86. The Labute approximate surface area is 109 Å². The Morgan fingerprint density at radius 2 is 1.78 bits per heavy atom. The number of rotatable bonds is 10. The minimum absolute atomic E-state index is 0.0952. The van der Waals surface area contributed by atoms with E-state index in [1.807, 2.05) is 0 Å². The predicted molar refractivity (Wildman–Crippen MR) is 69.6 cm³/mol. The van der Waals surface area contributed by atoms with E-state index in [-0.39, 0.29) is 12.5 Å². The molecule has 0 aliphatic carbocycles. The zero-order valence-electron chi connectivity index (χ0n) is 11.4. The summed E-state index contributed by atoms with van der Waals surface area (Å²) in [5, 5.41) is 11.4. The van der Waals surface area contributed by atoms with E-state index in [2.05, 4.69) is 17.0 Å². The average Bonchev–Trinajstić information content (AvgIpc) is 2.34. The summed E-state index contributed by atoms with van der Waals surface area (Å²) in [6.07, 6.45) is 6.36. The number of ether oxygens (including phenoxy) is 1. The smallest absolute Gasteiger partial charge is 0.407 e. The van der Waals surface area contributed by atoms with Crippen molar-refractivity contribution in [3.05, 3.63) is 0 Å². The van der Waals surface area contributed by atoms with Crippen LogP contribution in [0.15, 0.2) is 0 Å². The number of methoxy groups -OCH3 is 1. The molecule has 18 heavy (non-hydrogen) atoms. The number of carboxylic acid groups (broad SMARTS) is 1. The Kier molecular flexibility index (Phi) is 10.1. The fraction of sp³-hybridized carbons (Fsp3) is 0.846. The van der Waals surface area contributed by atoms with Gasteiger partial charge in [0.15, 0.2) is 0 Å². The second-order valence-corrected chi connectivity index (χ2v) is 4.47. The van der Waals surface area contributed by atoms with Gasteiger partial charge >= 0.3 is 12.1 Å². The number of hydrogen-bond acceptors (Lipinski definition) is 3. The monoisotopic (exact) mass is 259 g/mol. The minimum atomic E-state index is -0.765. The molecule has 5 nitrogen and oxygen atoms in total. The number of nitrogens with one attached hydrogen (secondary N) is 1. The summed E-state index contributed by atoms with van der Waals surface area (Å²) < 4.78 is 4.59. The highest BCUT2D eigenvalue weighted by molar-refractivity contribution is 5.67. The lowest BCUT2D eigenvalue weighted by molar-refractivity contribution is -0.137. The SMILES string of the molecule is CCCCCC(CCCCC(=O)O)NC(=O)OC. The fourth-order valence-corrected chi connectivity index (χ4v) is 1.82. The molecule has 0 rings (SSSR count). The Hall–Kier alpha value is -1.26. The van der Waals surface area contributed by atoms with Crippen LogP contribution >= 0.6 is 0 Å². The van der Waals surface area contributed by atoms with Gasteiger partial charge in [0.05, 0.1) is 7.11 Å². The summed E-state index contributed by atoms with van der Waals surface area (Å²) in [5.41, 5.74) is 0. The molecule has 0 saturated heterocycles. The van der Waals surface area contributed by atoms with Gasteiger partial charge < -0.3 is 15.2 Å². The van der Waals surface area contributed by atoms with Gasteiger partial charge in [-0.25, -0.2) is 4.79 Å². The summed E-state index contributed by atoms with van der Waals surface area (Å²) in [6, 6.07) is 0.0952. The lowest BCUT2D eigenvalue weighted by Gasteiger charge is -2.17. The van der Waals surface area contributed by atoms with Gasteiger partial charge in [0, 0.05) is 12.5 Å². The van der Waals surface area contributed by atoms with E-state index < -0.39 is 12.1 Å². The van der Waals surface area contributed by atoms with Crippen LogP contribution in [-0.4, -0.2) is 30.3 Å². The lowest BCUT2D eigenvalue weighted by atomic mass is 10.0. The molecule has 1 atom stereocenters. The van der Waals surface area contributed by atoms with Crippen LogP contribution in [-0.2, 0) is 9.53 Å². The number of hydrogen-bond donors (Lipinski definition) is 2. The standard InChI is InChI=1S/C13H25NO4/c1-3-4-5-8-11(14-13(17)18-2)9-6-7-10-12(15)16/h11H,3-10H2,1-2H3,(H,14,17)(H,15,16). The maximum atomic E-state index is 11.2. The molecule has 0 radical (unpaired) electrons. The van der Waals surface area contributed by atoms with Crippen LogP contribution < -0.4 is 5.32 Å². The Balaban J connectivity index is 3.87. The van der Waals surface area contributed by atoms with E-state index in [4.69, 9.17) is 5.11 Å². The van der Waals surface area contributed by atoms with Crippen LogP contribution in [0.5, 0.6) is 0 Å². The molecular weight excluding hydrogens is 234 g/mol. The number of alkyl carbamates (subject to hydrolysis) is 1. The van der Waals surface area contributed by atoms with Crippen molar-refractivity contribution in [1.29, 1.82) is 0 Å². The first-order valence-electron chi connectivity index (χ1n) is 6.66. The van der Waals surface area contributed by atoms with E-state index in [1.54, 1.807) is 0 Å². The second-order valence-electron chi connectivity index (χ2n) is 4.47. The van der Waals surface area contributed by atoms with Crippen molar-refractivity contribution < 1.29 is 19.4 Å². The molecule has 0 aromatic heterocycles. The molecule has 0 heterocycles. The van der Waals surface area contributed by atoms with Crippen molar-refractivity contribution >= 4 is 12.1 Å². The van der Waals surface area contributed by atoms with Crippen molar-refractivity contribution in [2.45, 2.75) is 64.3 Å². The first kappa shape index (κ1) is 16.7. The van der Waals surface area contributed by atoms with E-state index >= 15 is 0 Å². The maximum Gasteiger partial charge on any atom is 0.407 e. The van der Waals surface area contributed by atoms with E-state index in [0.29, 0.717) is 6.42 Å². The zero-order chi connectivity index (χ0) is 13.8. The fourth-order valence-electron chi connectivity index (χ4n) is 1.82. The lowest BCUT2D eigenvalue weighted by Crippen LogP contribution is -2.34. The van der Waals surface area contributed by atoms with Gasteiger partial charge in [-0.15, -0.1) is 0 Å². The molecule has 0 spiro atoms. The molecular formula is C13H25NO4. The van der Waals surface area contributed by atoms with Crippen LogP contribution in [0.1, 0.15) is 58.3 Å². The highest BCUT2D eigenvalue weighted by atomic mass is 16.5. The quantitative estimate of drug-likeness (QED) is 0.591. The minimum Gasteiger partial charge on any atom is -0.481 e. The van der Waals surface area contributed by atoms with Gasteiger partial charge in [-0.05, 0) is 19.3 Å². The summed E-state index contributed by atoms with van der Waals surface area (Å²) >= 11 is 0. The molecule has 0 aliphatic heterocycles. The zero-order valence-corrected chi connectivity index (χ0v) is 11.4. The molecule has 1 unspecified atom stereocenters. The number of amides is 1. The molecule has 5 heteroatoms. The van der Waals surface area contributed by atoms with Gasteiger partial charge in [-0.1, -0.05) is 32.6 Å². The highest BCUT2D eigenvalue weighted by Gasteiger charge is 2.12. The number of carboxylic acids is 1. The number of carbonyl (C=O) groups excluding carboxylic acids is 1. The van der Waals surface area contributed by atoms with Crippen LogP contribution in [0.25, 0.3) is 0 Å². The topological polar surface area (TPSA) is 75.6 Å². The van der Waals surface area contributed by atoms with Gasteiger partial charge in [0.2, 0.25) is 0 Å². The average molecular weight is 259 g/mol. The maximum absolute atomic E-state index is 11.2. The molecule has 0 aromatic rings. The van der Waals surface area contributed by atoms with Crippen molar-refractivity contribution in [3.8, 4) is 0 Å². The van der Waals surface area contributed by atoms with Gasteiger partial charge in [0.1, 0.15) is 0 Å². The summed E-state index contributed by atoms with van der Waals surface area (Å²) in [7, 11) is 1.35. The molecule has 0 saturated carbocycles. The largest absolute Gasteiger partial charge is 0.481 e. The first-order chi connectivity index (χ1) is 8.60. The first-order valence-corrected chi connectivity index (χ1v) is 6.66. The second kappa shape index (κ2) is 10.9. The Morgan fingerprint density at radius 3 is 2.28 bits per heavy atom. The molecule has 0 aromatic carbocycles. The normalized spacial score (nSPS) is 11.9. The van der Waals surface area contributed by atoms with Gasteiger partial charge in [-0.2, -0.15) is 0 Å². The van der Waals surface area contributed by atoms with E-state index in [0.717, 1.165) is 38.5 Å². The third kappa shape index (κ3) is 9.93. The summed E-state index contributed by atoms with van der Waals surface area (Å²) in [6.45, 7) is 2.13. The van der Waals surface area contributed by atoms with E-state index in [1.165, 1.54) is 7.11 Å². The summed E-state index contributed by atoms with van der Waals surface area (Å²) in [5.74, 6) is -0.765. The molecule has 0 bridgehead atoms. The molecule has 2 N–H and O–H groups in total. The number of aliphatic carboxylic acids is 1. The Bertz CT molecular complexity index is 243. The van der Waals surface area contributed by atoms with Gasteiger partial charge in [0.25, 0.3) is 0 Å². The van der Waals surface area contributed by atoms with Crippen LogP contribution in [0.4, 0.5) is 4.79 Å². The molecule has 106 valence electrons. The van der Waals surface area contributed by atoms with Crippen LogP contribution in [0.3, 0.4) is 0 Å². The predicted octanol–water partition coefficient (Wildman–Crippen LogP) is 2.94. The highest BCUT2D eigenvalue weighted by Crippen LogP contribution is 2.11. The van der Waals surface area contributed by atoms with Crippen molar-refractivity contribution in [1.82, 2.24) is 5.32 Å². The molecule has 1 amide bonds. The van der Waals surface area contributed by atoms with Crippen molar-refractivity contribution in [2.24, 2.45) is 0 Å². The van der Waals surface area contributed by atoms with Crippen LogP contribution in [0, 0.1) is 0 Å². The molecule has 0 aliphatic rings. The van der Waals surface area contributed by atoms with Crippen molar-refractivity contribution in [3.63, 3.8) is 0 Å². The van der Waals surface area contributed by atoms with E-state index in [9.17, 15) is 9.59 Å². The van der Waals surface area contributed by atoms with Gasteiger partial charge in [-0.3, -0.25) is 4.79 Å². The third-order valence-corrected chi connectivity index (χ3v) is 2.86. The van der Waals surface area contributed by atoms with Crippen LogP contribution in [0.2, 0.25) is 0 Å². The number of unbranched alkanes of at least 4 members (excludes halogenated alkanes) is 3. The Morgan fingerprint density at radius 1 is 1.17 bits per heavy atom.